The fraction of sp³-hybridized carbons (Fsp3) is 0.417. The van der Waals surface area contributed by atoms with Crippen LogP contribution in [0.4, 0.5) is 10.2 Å². The van der Waals surface area contributed by atoms with Crippen molar-refractivity contribution in [3.05, 3.63) is 22.5 Å². The van der Waals surface area contributed by atoms with E-state index in [9.17, 15) is 4.39 Å². The van der Waals surface area contributed by atoms with E-state index in [0.29, 0.717) is 17.1 Å². The number of nitrogens with zero attached hydrogens (tertiary/aromatic N) is 4. The third-order valence-corrected chi connectivity index (χ3v) is 3.03. The minimum absolute atomic E-state index is 0.0146. The van der Waals surface area contributed by atoms with Crippen LogP contribution in [0.2, 0.25) is 10.4 Å². The van der Waals surface area contributed by atoms with Crippen LogP contribution in [0.5, 0.6) is 0 Å². The number of aromatic nitrogens is 3. The molecule has 102 valence electrons. The molecule has 0 saturated carbocycles. The molecule has 0 amide bonds. The van der Waals surface area contributed by atoms with E-state index in [1.165, 1.54) is 6.20 Å². The Hall–Kier alpha value is -1.20. The molecule has 0 radical (unpaired) electrons. The van der Waals surface area contributed by atoms with Gasteiger partial charge >= 0.3 is 0 Å². The molecule has 2 rings (SSSR count). The molecule has 0 saturated heterocycles. The zero-order chi connectivity index (χ0) is 14.2. The Morgan fingerprint density at radius 1 is 1.32 bits per heavy atom. The number of hydrogen-bond acceptors (Lipinski definition) is 4. The minimum Gasteiger partial charge on any atom is -0.359 e. The highest BCUT2D eigenvalue weighted by Gasteiger charge is 2.17. The van der Waals surface area contributed by atoms with E-state index < -0.39 is 5.82 Å². The van der Waals surface area contributed by atoms with E-state index in [4.69, 9.17) is 23.2 Å². The molecule has 0 aliphatic heterocycles. The Morgan fingerprint density at radius 3 is 2.63 bits per heavy atom. The summed E-state index contributed by atoms with van der Waals surface area (Å²) in [6.07, 6.45) is 1.46. The molecule has 0 unspecified atom stereocenters. The van der Waals surface area contributed by atoms with E-state index in [1.54, 1.807) is 0 Å². The van der Waals surface area contributed by atoms with Crippen LogP contribution in [0.15, 0.2) is 6.20 Å². The first-order valence-corrected chi connectivity index (χ1v) is 6.54. The number of fused-ring (bicyclic) bond motifs is 1. The standard InChI is InChI=1S/C12H13Cl2FN4/c1-6(2)5-19(3)11-7-4-16-10(13)8(15)9(7)17-12(14)18-11/h4,6H,5H2,1-3H3. The number of hydrogen-bond donors (Lipinski definition) is 0. The van der Waals surface area contributed by atoms with Crippen LogP contribution in [0.1, 0.15) is 13.8 Å². The first-order chi connectivity index (χ1) is 8.90. The average Bonchev–Trinajstić information content (AvgIpc) is 2.32. The van der Waals surface area contributed by atoms with E-state index in [-0.39, 0.29) is 16.0 Å². The number of pyridine rings is 1. The summed E-state index contributed by atoms with van der Waals surface area (Å²) < 4.78 is 13.9. The number of anilines is 1. The summed E-state index contributed by atoms with van der Waals surface area (Å²) in [5, 5.41) is 0.258. The van der Waals surface area contributed by atoms with Crippen molar-refractivity contribution in [1.82, 2.24) is 15.0 Å². The van der Waals surface area contributed by atoms with Crippen LogP contribution in [-0.4, -0.2) is 28.5 Å². The van der Waals surface area contributed by atoms with Gasteiger partial charge in [-0.25, -0.2) is 14.4 Å². The molecule has 0 N–H and O–H groups in total. The lowest BCUT2D eigenvalue weighted by Crippen LogP contribution is -2.24. The van der Waals surface area contributed by atoms with Gasteiger partial charge in [0.25, 0.3) is 0 Å². The summed E-state index contributed by atoms with van der Waals surface area (Å²) in [5.74, 6) is 0.299. The van der Waals surface area contributed by atoms with Gasteiger partial charge in [0.2, 0.25) is 5.28 Å². The van der Waals surface area contributed by atoms with Gasteiger partial charge < -0.3 is 4.90 Å². The summed E-state index contributed by atoms with van der Waals surface area (Å²) in [5.41, 5.74) is 0.0885. The monoisotopic (exact) mass is 302 g/mol. The third-order valence-electron chi connectivity index (χ3n) is 2.59. The van der Waals surface area contributed by atoms with E-state index in [1.807, 2.05) is 11.9 Å². The molecule has 2 aromatic rings. The normalized spacial score (nSPS) is 11.3. The largest absolute Gasteiger partial charge is 0.359 e. The molecule has 0 fully saturated rings. The van der Waals surface area contributed by atoms with Crippen molar-refractivity contribution in [2.24, 2.45) is 5.92 Å². The van der Waals surface area contributed by atoms with Gasteiger partial charge in [-0.2, -0.15) is 4.98 Å². The third kappa shape index (κ3) is 2.87. The van der Waals surface area contributed by atoms with Gasteiger partial charge in [0, 0.05) is 19.8 Å². The fourth-order valence-electron chi connectivity index (χ4n) is 1.92. The van der Waals surface area contributed by atoms with E-state index in [0.717, 1.165) is 6.54 Å². The highest BCUT2D eigenvalue weighted by atomic mass is 35.5. The topological polar surface area (TPSA) is 41.9 Å². The van der Waals surface area contributed by atoms with Gasteiger partial charge in [0.15, 0.2) is 11.0 Å². The second-order valence-corrected chi connectivity index (χ2v) is 5.41. The average molecular weight is 303 g/mol. The molecule has 4 nitrogen and oxygen atoms in total. The highest BCUT2D eigenvalue weighted by molar-refractivity contribution is 6.30. The maximum Gasteiger partial charge on any atom is 0.225 e. The van der Waals surface area contributed by atoms with Crippen molar-refractivity contribution in [2.45, 2.75) is 13.8 Å². The molecule has 0 spiro atoms. The zero-order valence-corrected chi connectivity index (χ0v) is 12.3. The number of halogens is 3. The van der Waals surface area contributed by atoms with Gasteiger partial charge in [-0.05, 0) is 17.5 Å². The number of rotatable bonds is 3. The quantitative estimate of drug-likeness (QED) is 0.642. The van der Waals surface area contributed by atoms with Gasteiger partial charge in [0.05, 0.1) is 5.39 Å². The minimum atomic E-state index is -0.678. The summed E-state index contributed by atoms with van der Waals surface area (Å²) in [6, 6.07) is 0. The van der Waals surface area contributed by atoms with Crippen molar-refractivity contribution in [3.8, 4) is 0 Å². The molecule has 2 aromatic heterocycles. The molecule has 0 atom stereocenters. The zero-order valence-electron chi connectivity index (χ0n) is 10.8. The Kier molecular flexibility index (Phi) is 4.06. The smallest absolute Gasteiger partial charge is 0.225 e. The molecule has 0 aliphatic rings. The Bertz CT molecular complexity index is 618. The maximum atomic E-state index is 13.9. The van der Waals surface area contributed by atoms with Crippen LogP contribution >= 0.6 is 23.2 Å². The second-order valence-electron chi connectivity index (χ2n) is 4.72. The van der Waals surface area contributed by atoms with Crippen molar-refractivity contribution in [1.29, 1.82) is 0 Å². The van der Waals surface area contributed by atoms with Gasteiger partial charge in [-0.1, -0.05) is 25.4 Å². The Morgan fingerprint density at radius 2 is 2.00 bits per heavy atom. The summed E-state index contributed by atoms with van der Waals surface area (Å²) in [7, 11) is 1.87. The molecule has 0 aromatic carbocycles. The van der Waals surface area contributed by atoms with E-state index in [2.05, 4.69) is 28.8 Å². The first kappa shape index (κ1) is 14.2. The second kappa shape index (κ2) is 5.43. The van der Waals surface area contributed by atoms with Crippen LogP contribution in [-0.2, 0) is 0 Å². The lowest BCUT2D eigenvalue weighted by atomic mass is 10.2. The Labute approximate surface area is 120 Å². The molecular weight excluding hydrogens is 290 g/mol. The van der Waals surface area contributed by atoms with Gasteiger partial charge in [0.1, 0.15) is 11.3 Å². The van der Waals surface area contributed by atoms with Crippen molar-refractivity contribution < 1.29 is 4.39 Å². The SMILES string of the molecule is CC(C)CN(C)c1nc(Cl)nc2c(F)c(Cl)ncc12. The molecule has 0 aliphatic carbocycles. The van der Waals surface area contributed by atoms with Crippen molar-refractivity contribution in [3.63, 3.8) is 0 Å². The van der Waals surface area contributed by atoms with Crippen LogP contribution in [0.25, 0.3) is 10.9 Å². The van der Waals surface area contributed by atoms with Gasteiger partial charge in [-0.15, -0.1) is 0 Å². The lowest BCUT2D eigenvalue weighted by Gasteiger charge is -2.21. The predicted octanol–water partition coefficient (Wildman–Crippen LogP) is 3.56. The van der Waals surface area contributed by atoms with Crippen molar-refractivity contribution >= 4 is 39.9 Å². The summed E-state index contributed by atoms with van der Waals surface area (Å²) in [4.78, 5) is 13.7. The predicted molar refractivity (Wildman–Crippen MR) is 75.4 cm³/mol. The Balaban J connectivity index is 2.64. The van der Waals surface area contributed by atoms with Crippen LogP contribution in [0, 0.1) is 11.7 Å². The lowest BCUT2D eigenvalue weighted by molar-refractivity contribution is 0.628. The molecule has 7 heteroatoms. The first-order valence-electron chi connectivity index (χ1n) is 5.78. The van der Waals surface area contributed by atoms with Crippen LogP contribution in [0.3, 0.4) is 0 Å². The molecular formula is C12H13Cl2FN4. The van der Waals surface area contributed by atoms with Gasteiger partial charge in [-0.3, -0.25) is 0 Å². The van der Waals surface area contributed by atoms with Crippen LogP contribution < -0.4 is 4.90 Å². The summed E-state index contributed by atoms with van der Waals surface area (Å²) in [6.45, 7) is 4.92. The highest BCUT2D eigenvalue weighted by Crippen LogP contribution is 2.28. The fourth-order valence-corrected chi connectivity index (χ4v) is 2.22. The van der Waals surface area contributed by atoms with E-state index >= 15 is 0 Å². The molecule has 2 heterocycles. The maximum absolute atomic E-state index is 13.9. The molecule has 0 bridgehead atoms. The van der Waals surface area contributed by atoms with Crippen molar-refractivity contribution in [2.75, 3.05) is 18.5 Å². The summed E-state index contributed by atoms with van der Waals surface area (Å²) >= 11 is 11.5. The molecule has 19 heavy (non-hydrogen) atoms.